The molecule has 0 aliphatic carbocycles. The summed E-state index contributed by atoms with van der Waals surface area (Å²) in [6.45, 7) is 1.60. The Morgan fingerprint density at radius 2 is 2.04 bits per heavy atom. The highest BCUT2D eigenvalue weighted by atomic mass is 32.1. The number of benzene rings is 2. The number of aromatic nitrogens is 1. The molecule has 3 rings (SSSR count). The van der Waals surface area contributed by atoms with Crippen molar-refractivity contribution in [1.82, 2.24) is 4.98 Å². The van der Waals surface area contributed by atoms with Crippen molar-refractivity contribution in [2.45, 2.75) is 6.92 Å². The smallest absolute Gasteiger partial charge is 0.338 e. The van der Waals surface area contributed by atoms with Crippen molar-refractivity contribution in [1.29, 1.82) is 0 Å². The average Bonchev–Trinajstić information content (AvgIpc) is 3.08. The zero-order valence-corrected chi connectivity index (χ0v) is 15.5. The van der Waals surface area contributed by atoms with Crippen molar-refractivity contribution in [2.75, 3.05) is 18.5 Å². The summed E-state index contributed by atoms with van der Waals surface area (Å²) in [7, 11) is 0. The van der Waals surface area contributed by atoms with Crippen LogP contribution in [0.1, 0.15) is 17.3 Å². The van der Waals surface area contributed by atoms with Crippen LogP contribution >= 0.6 is 11.3 Å². The van der Waals surface area contributed by atoms with Crippen molar-refractivity contribution in [3.8, 4) is 5.75 Å². The van der Waals surface area contributed by atoms with E-state index in [9.17, 15) is 19.7 Å². The van der Waals surface area contributed by atoms with E-state index in [1.54, 1.807) is 31.2 Å². The molecule has 0 bridgehead atoms. The molecule has 1 aromatic heterocycles. The molecule has 9 nitrogen and oxygen atoms in total. The van der Waals surface area contributed by atoms with E-state index in [1.807, 2.05) is 0 Å². The Morgan fingerprint density at radius 3 is 2.79 bits per heavy atom. The van der Waals surface area contributed by atoms with Crippen LogP contribution in [0.5, 0.6) is 5.75 Å². The van der Waals surface area contributed by atoms with Crippen molar-refractivity contribution >= 4 is 44.2 Å². The number of fused-ring (bicyclic) bond motifs is 1. The Kier molecular flexibility index (Phi) is 5.80. The largest absolute Gasteiger partial charge is 0.477 e. The van der Waals surface area contributed by atoms with Crippen LogP contribution in [-0.2, 0) is 9.53 Å². The number of esters is 1. The molecule has 3 aromatic rings. The second kappa shape index (κ2) is 8.44. The van der Waals surface area contributed by atoms with Crippen LogP contribution in [-0.4, -0.2) is 35.0 Å². The summed E-state index contributed by atoms with van der Waals surface area (Å²) in [6, 6.07) is 10.7. The van der Waals surface area contributed by atoms with E-state index in [2.05, 4.69) is 10.3 Å². The molecule has 0 atom stereocenters. The lowest BCUT2D eigenvalue weighted by molar-refractivity contribution is -0.385. The summed E-state index contributed by atoms with van der Waals surface area (Å²) in [4.78, 5) is 38.5. The highest BCUT2D eigenvalue weighted by molar-refractivity contribution is 7.22. The molecule has 0 aliphatic heterocycles. The van der Waals surface area contributed by atoms with Gasteiger partial charge in [0, 0.05) is 6.07 Å². The van der Waals surface area contributed by atoms with E-state index >= 15 is 0 Å². The molecule has 10 heteroatoms. The number of hydrogen-bond donors (Lipinski definition) is 1. The van der Waals surface area contributed by atoms with Gasteiger partial charge in [-0.05, 0) is 31.2 Å². The third kappa shape index (κ3) is 4.41. The van der Waals surface area contributed by atoms with E-state index < -0.39 is 23.4 Å². The van der Waals surface area contributed by atoms with Gasteiger partial charge in [-0.1, -0.05) is 23.5 Å². The molecule has 28 heavy (non-hydrogen) atoms. The predicted molar refractivity (Wildman–Crippen MR) is 103 cm³/mol. The minimum absolute atomic E-state index is 0.00558. The Hall–Kier alpha value is -3.53. The van der Waals surface area contributed by atoms with E-state index in [-0.39, 0.29) is 18.0 Å². The number of amides is 1. The van der Waals surface area contributed by atoms with Crippen molar-refractivity contribution < 1.29 is 24.0 Å². The van der Waals surface area contributed by atoms with Crippen LogP contribution in [0.2, 0.25) is 0 Å². The van der Waals surface area contributed by atoms with Crippen LogP contribution < -0.4 is 10.1 Å². The normalized spacial score (nSPS) is 10.5. The van der Waals surface area contributed by atoms with Gasteiger partial charge >= 0.3 is 11.7 Å². The topological polar surface area (TPSA) is 121 Å². The van der Waals surface area contributed by atoms with Gasteiger partial charge in [0.1, 0.15) is 0 Å². The molecular formula is C18H15N3O6S. The van der Waals surface area contributed by atoms with Gasteiger partial charge in [-0.3, -0.25) is 20.2 Å². The molecule has 0 spiro atoms. The number of carbonyl (C=O) groups is 2. The summed E-state index contributed by atoms with van der Waals surface area (Å²) in [5.74, 6) is -0.935. The quantitative estimate of drug-likeness (QED) is 0.366. The van der Waals surface area contributed by atoms with E-state index in [4.69, 9.17) is 9.47 Å². The second-order valence-corrected chi connectivity index (χ2v) is 6.51. The van der Waals surface area contributed by atoms with Crippen LogP contribution in [0.4, 0.5) is 10.8 Å². The summed E-state index contributed by atoms with van der Waals surface area (Å²) in [6.07, 6.45) is 0. The van der Waals surface area contributed by atoms with Gasteiger partial charge < -0.3 is 9.47 Å². The molecule has 0 saturated heterocycles. The standard InChI is InChI=1S/C18H15N3O6S/c1-2-26-17(23)11-7-8-12-15(9-11)28-18(19-12)20-16(22)10-27-14-6-4-3-5-13(14)21(24)25/h3-9H,2,10H2,1H3,(H,19,20,22). The van der Waals surface area contributed by atoms with Crippen LogP contribution in [0.15, 0.2) is 42.5 Å². The van der Waals surface area contributed by atoms with Gasteiger partial charge in [0.15, 0.2) is 17.5 Å². The van der Waals surface area contributed by atoms with Crippen molar-refractivity contribution in [3.63, 3.8) is 0 Å². The van der Waals surface area contributed by atoms with Gasteiger partial charge in [0.2, 0.25) is 0 Å². The predicted octanol–water partition coefficient (Wildman–Crippen LogP) is 3.40. The first-order chi connectivity index (χ1) is 13.5. The van der Waals surface area contributed by atoms with Gasteiger partial charge in [0.25, 0.3) is 5.91 Å². The van der Waals surface area contributed by atoms with Crippen LogP contribution in [0, 0.1) is 10.1 Å². The maximum atomic E-state index is 12.1. The average molecular weight is 401 g/mol. The maximum absolute atomic E-state index is 12.1. The third-order valence-corrected chi connectivity index (χ3v) is 4.50. The number of nitrogens with one attached hydrogen (secondary N) is 1. The maximum Gasteiger partial charge on any atom is 0.338 e. The monoisotopic (exact) mass is 401 g/mol. The Balaban J connectivity index is 1.66. The molecule has 0 saturated carbocycles. The Labute approximate surface area is 163 Å². The third-order valence-electron chi connectivity index (χ3n) is 3.57. The zero-order valence-electron chi connectivity index (χ0n) is 14.7. The lowest BCUT2D eigenvalue weighted by Crippen LogP contribution is -2.20. The molecule has 1 heterocycles. The number of hydrogen-bond acceptors (Lipinski definition) is 8. The fourth-order valence-corrected chi connectivity index (χ4v) is 3.27. The first kappa shape index (κ1) is 19.2. The number of carbonyl (C=O) groups excluding carboxylic acids is 2. The van der Waals surface area contributed by atoms with E-state index in [1.165, 1.54) is 29.5 Å². The number of para-hydroxylation sites is 2. The fraction of sp³-hybridized carbons (Fsp3) is 0.167. The molecule has 144 valence electrons. The Bertz CT molecular complexity index is 1050. The SMILES string of the molecule is CCOC(=O)c1ccc2nc(NC(=O)COc3ccccc3[N+](=O)[O-])sc2c1. The number of rotatable bonds is 7. The molecule has 0 fully saturated rings. The molecular weight excluding hydrogens is 386 g/mol. The minimum Gasteiger partial charge on any atom is -0.477 e. The summed E-state index contributed by atoms with van der Waals surface area (Å²) < 4.78 is 10.9. The van der Waals surface area contributed by atoms with Crippen LogP contribution in [0.25, 0.3) is 10.2 Å². The number of thiazole rings is 1. The molecule has 0 radical (unpaired) electrons. The second-order valence-electron chi connectivity index (χ2n) is 5.48. The number of nitrogens with zero attached hydrogens (tertiary/aromatic N) is 2. The highest BCUT2D eigenvalue weighted by Crippen LogP contribution is 2.28. The van der Waals surface area contributed by atoms with Crippen molar-refractivity contribution in [2.24, 2.45) is 0 Å². The molecule has 0 unspecified atom stereocenters. The van der Waals surface area contributed by atoms with E-state index in [0.29, 0.717) is 20.9 Å². The highest BCUT2D eigenvalue weighted by Gasteiger charge is 2.16. The van der Waals surface area contributed by atoms with Crippen LogP contribution in [0.3, 0.4) is 0 Å². The molecule has 2 aromatic carbocycles. The van der Waals surface area contributed by atoms with Gasteiger partial charge in [-0.25, -0.2) is 9.78 Å². The number of nitro groups is 1. The van der Waals surface area contributed by atoms with Crippen molar-refractivity contribution in [3.05, 3.63) is 58.1 Å². The minimum atomic E-state index is -0.581. The number of anilines is 1. The number of ether oxygens (including phenoxy) is 2. The lowest BCUT2D eigenvalue weighted by Gasteiger charge is -2.05. The lowest BCUT2D eigenvalue weighted by atomic mass is 10.2. The van der Waals surface area contributed by atoms with Gasteiger partial charge in [-0.2, -0.15) is 0 Å². The fourth-order valence-electron chi connectivity index (χ4n) is 2.35. The first-order valence-electron chi connectivity index (χ1n) is 8.21. The van der Waals surface area contributed by atoms with E-state index in [0.717, 1.165) is 0 Å². The number of nitro benzene ring substituents is 1. The first-order valence-corrected chi connectivity index (χ1v) is 9.03. The van der Waals surface area contributed by atoms with Gasteiger partial charge in [-0.15, -0.1) is 0 Å². The van der Waals surface area contributed by atoms with Gasteiger partial charge in [0.05, 0.1) is 27.3 Å². The Morgan fingerprint density at radius 1 is 1.25 bits per heavy atom. The summed E-state index contributed by atoms with van der Waals surface area (Å²) in [5, 5.41) is 13.9. The summed E-state index contributed by atoms with van der Waals surface area (Å²) in [5.41, 5.74) is 0.797. The molecule has 0 aliphatic rings. The zero-order chi connectivity index (χ0) is 20.1. The molecule has 1 N–H and O–H groups in total. The summed E-state index contributed by atoms with van der Waals surface area (Å²) >= 11 is 1.19. The molecule has 1 amide bonds.